The molecule has 0 spiro atoms. The normalized spacial score (nSPS) is 10.7. The van der Waals surface area contributed by atoms with E-state index in [1.807, 2.05) is 49.4 Å². The van der Waals surface area contributed by atoms with E-state index in [9.17, 15) is 14.4 Å². The molecule has 0 aliphatic carbocycles. The van der Waals surface area contributed by atoms with Crippen LogP contribution in [0.4, 0.5) is 0 Å². The molecule has 0 saturated heterocycles. The fourth-order valence-electron chi connectivity index (χ4n) is 3.56. The van der Waals surface area contributed by atoms with Crippen molar-refractivity contribution in [3.63, 3.8) is 0 Å². The van der Waals surface area contributed by atoms with Gasteiger partial charge in [0.1, 0.15) is 17.9 Å². The molecule has 0 bridgehead atoms. The molecule has 0 aliphatic heterocycles. The minimum Gasteiger partial charge on any atom is -0.489 e. The summed E-state index contributed by atoms with van der Waals surface area (Å²) in [6, 6.07) is 23.3. The maximum atomic E-state index is 12.2. The maximum Gasteiger partial charge on any atom is 0.338 e. The van der Waals surface area contributed by atoms with Crippen LogP contribution in [0.2, 0.25) is 0 Å². The van der Waals surface area contributed by atoms with Gasteiger partial charge in [-0.3, -0.25) is 4.79 Å². The number of benzene rings is 3. The molecule has 1 N–H and O–H groups in total. The van der Waals surface area contributed by atoms with Crippen molar-refractivity contribution in [2.24, 2.45) is 0 Å². The average Bonchev–Trinajstić information content (AvgIpc) is 2.86. The second kappa shape index (κ2) is 11.2. The van der Waals surface area contributed by atoms with Crippen molar-refractivity contribution in [3.8, 4) is 5.75 Å². The van der Waals surface area contributed by atoms with Gasteiger partial charge >= 0.3 is 11.6 Å². The average molecular weight is 472 g/mol. The SMILES string of the molecule is Cc1cc(=O)oc2cc(OCc3ccc(C(=O)OCC(=O)NCCc4ccccc4)cc3)ccc12. The van der Waals surface area contributed by atoms with Crippen LogP contribution >= 0.6 is 0 Å². The first kappa shape index (κ1) is 23.8. The fourth-order valence-corrected chi connectivity index (χ4v) is 3.56. The molecule has 4 aromatic rings. The predicted molar refractivity (Wildman–Crippen MR) is 131 cm³/mol. The summed E-state index contributed by atoms with van der Waals surface area (Å²) in [6.45, 7) is 2.25. The standard InChI is InChI=1S/C28H25NO6/c1-19-15-27(31)35-25-16-23(11-12-24(19)25)33-17-21-7-9-22(10-8-21)28(32)34-18-26(30)29-14-13-20-5-3-2-4-6-20/h2-12,15-16H,13-14,17-18H2,1H3,(H,29,30). The third-order valence-corrected chi connectivity index (χ3v) is 5.43. The Labute approximate surface area is 202 Å². The molecule has 0 unspecified atom stereocenters. The Morgan fingerprint density at radius 1 is 0.914 bits per heavy atom. The summed E-state index contributed by atoms with van der Waals surface area (Å²) in [5.74, 6) is -0.357. The number of rotatable bonds is 9. The van der Waals surface area contributed by atoms with Gasteiger partial charge in [0, 0.05) is 24.1 Å². The van der Waals surface area contributed by atoms with Gasteiger partial charge < -0.3 is 19.2 Å². The van der Waals surface area contributed by atoms with Crippen molar-refractivity contribution >= 4 is 22.8 Å². The number of carbonyl (C=O) groups is 2. The van der Waals surface area contributed by atoms with Crippen LogP contribution in [0.25, 0.3) is 11.0 Å². The van der Waals surface area contributed by atoms with Crippen LogP contribution in [-0.4, -0.2) is 25.0 Å². The lowest BCUT2D eigenvalue weighted by Crippen LogP contribution is -2.30. The maximum absolute atomic E-state index is 12.2. The van der Waals surface area contributed by atoms with Gasteiger partial charge in [0.05, 0.1) is 5.56 Å². The summed E-state index contributed by atoms with van der Waals surface area (Å²) in [6.07, 6.45) is 0.706. The Morgan fingerprint density at radius 3 is 2.46 bits per heavy atom. The summed E-state index contributed by atoms with van der Waals surface area (Å²) < 4.78 is 16.1. The molecule has 1 amide bonds. The quantitative estimate of drug-likeness (QED) is 0.291. The predicted octanol–water partition coefficient (Wildman–Crippen LogP) is 4.20. The van der Waals surface area contributed by atoms with E-state index < -0.39 is 11.6 Å². The molecule has 7 heteroatoms. The van der Waals surface area contributed by atoms with E-state index in [2.05, 4.69) is 5.32 Å². The number of fused-ring (bicyclic) bond motifs is 1. The third kappa shape index (κ3) is 6.57. The lowest BCUT2D eigenvalue weighted by Gasteiger charge is -2.09. The number of ether oxygens (including phenoxy) is 2. The fraction of sp³-hybridized carbons (Fsp3) is 0.179. The minimum atomic E-state index is -0.574. The molecule has 0 atom stereocenters. The lowest BCUT2D eigenvalue weighted by atomic mass is 10.1. The third-order valence-electron chi connectivity index (χ3n) is 5.43. The zero-order valence-electron chi connectivity index (χ0n) is 19.3. The molecule has 0 radical (unpaired) electrons. The van der Waals surface area contributed by atoms with Gasteiger partial charge in [-0.05, 0) is 54.3 Å². The smallest absolute Gasteiger partial charge is 0.338 e. The number of amides is 1. The van der Waals surface area contributed by atoms with E-state index >= 15 is 0 Å². The van der Waals surface area contributed by atoms with Gasteiger partial charge in [0.2, 0.25) is 0 Å². The van der Waals surface area contributed by atoms with Gasteiger partial charge in [-0.25, -0.2) is 9.59 Å². The second-order valence-corrected chi connectivity index (χ2v) is 8.05. The topological polar surface area (TPSA) is 94.8 Å². The molecular formula is C28H25NO6. The lowest BCUT2D eigenvalue weighted by molar-refractivity contribution is -0.124. The van der Waals surface area contributed by atoms with Crippen LogP contribution in [0, 0.1) is 6.92 Å². The number of hydrogen-bond acceptors (Lipinski definition) is 6. The van der Waals surface area contributed by atoms with Crippen molar-refractivity contribution in [1.29, 1.82) is 0 Å². The first-order chi connectivity index (χ1) is 17.0. The van der Waals surface area contributed by atoms with E-state index in [-0.39, 0.29) is 19.1 Å². The summed E-state index contributed by atoms with van der Waals surface area (Å²) >= 11 is 0. The molecule has 178 valence electrons. The van der Waals surface area contributed by atoms with E-state index in [0.717, 1.165) is 22.1 Å². The number of esters is 1. The highest BCUT2D eigenvalue weighted by molar-refractivity contribution is 5.91. The first-order valence-electron chi connectivity index (χ1n) is 11.2. The Kier molecular flexibility index (Phi) is 7.57. The molecular weight excluding hydrogens is 446 g/mol. The molecule has 0 aliphatic rings. The Balaban J connectivity index is 1.23. The Morgan fingerprint density at radius 2 is 1.69 bits per heavy atom. The van der Waals surface area contributed by atoms with Crippen LogP contribution in [0.15, 0.2) is 88.1 Å². The highest BCUT2D eigenvalue weighted by atomic mass is 16.5. The van der Waals surface area contributed by atoms with Crippen LogP contribution in [0.1, 0.15) is 27.0 Å². The number of aryl methyl sites for hydroxylation is 1. The van der Waals surface area contributed by atoms with Crippen LogP contribution in [0.5, 0.6) is 5.75 Å². The first-order valence-corrected chi connectivity index (χ1v) is 11.2. The van der Waals surface area contributed by atoms with Gasteiger partial charge in [-0.15, -0.1) is 0 Å². The molecule has 3 aromatic carbocycles. The largest absolute Gasteiger partial charge is 0.489 e. The van der Waals surface area contributed by atoms with Gasteiger partial charge in [0.15, 0.2) is 6.61 Å². The minimum absolute atomic E-state index is 0.265. The molecule has 7 nitrogen and oxygen atoms in total. The highest BCUT2D eigenvalue weighted by Crippen LogP contribution is 2.23. The zero-order valence-corrected chi connectivity index (χ0v) is 19.3. The second-order valence-electron chi connectivity index (χ2n) is 8.05. The van der Waals surface area contributed by atoms with Crippen LogP contribution in [-0.2, 0) is 22.6 Å². The van der Waals surface area contributed by atoms with Crippen LogP contribution in [0.3, 0.4) is 0 Å². The monoisotopic (exact) mass is 471 g/mol. The molecule has 0 saturated carbocycles. The Bertz CT molecular complexity index is 1380. The van der Waals surface area contributed by atoms with E-state index in [1.54, 1.807) is 30.3 Å². The summed E-state index contributed by atoms with van der Waals surface area (Å²) in [5, 5.41) is 3.59. The van der Waals surface area contributed by atoms with Gasteiger partial charge in [-0.1, -0.05) is 42.5 Å². The number of carbonyl (C=O) groups excluding carboxylic acids is 2. The molecule has 0 fully saturated rings. The van der Waals surface area contributed by atoms with E-state index in [1.165, 1.54) is 6.07 Å². The van der Waals surface area contributed by atoms with E-state index in [0.29, 0.717) is 29.9 Å². The molecule has 4 rings (SSSR count). The summed E-state index contributed by atoms with van der Waals surface area (Å²) in [4.78, 5) is 35.8. The van der Waals surface area contributed by atoms with Crippen molar-refractivity contribution in [1.82, 2.24) is 5.32 Å². The number of nitrogens with one attached hydrogen (secondary N) is 1. The van der Waals surface area contributed by atoms with Gasteiger partial charge in [-0.2, -0.15) is 0 Å². The van der Waals surface area contributed by atoms with Crippen molar-refractivity contribution in [3.05, 3.63) is 112 Å². The van der Waals surface area contributed by atoms with Crippen molar-refractivity contribution in [2.75, 3.05) is 13.2 Å². The summed E-state index contributed by atoms with van der Waals surface area (Å²) in [5.41, 5.74) is 3.21. The van der Waals surface area contributed by atoms with Crippen molar-refractivity contribution < 1.29 is 23.5 Å². The molecule has 1 heterocycles. The van der Waals surface area contributed by atoms with Gasteiger partial charge in [0.25, 0.3) is 5.91 Å². The van der Waals surface area contributed by atoms with E-state index in [4.69, 9.17) is 13.9 Å². The van der Waals surface area contributed by atoms with Crippen LogP contribution < -0.4 is 15.7 Å². The Hall–Kier alpha value is -4.39. The van der Waals surface area contributed by atoms with Crippen molar-refractivity contribution in [2.45, 2.75) is 20.0 Å². The molecule has 35 heavy (non-hydrogen) atoms. The summed E-state index contributed by atoms with van der Waals surface area (Å²) in [7, 11) is 0. The number of hydrogen-bond donors (Lipinski definition) is 1. The zero-order chi connectivity index (χ0) is 24.6. The highest BCUT2D eigenvalue weighted by Gasteiger charge is 2.10. The molecule has 1 aromatic heterocycles.